The second-order valence-electron chi connectivity index (χ2n) is 3.66. The van der Waals surface area contributed by atoms with E-state index in [0.29, 0.717) is 19.7 Å². The van der Waals surface area contributed by atoms with Crippen molar-refractivity contribution in [2.75, 3.05) is 24.6 Å². The monoisotopic (exact) mass is 253 g/mol. The Balaban J connectivity index is 2.95. The number of hydrogen-bond donors (Lipinski definition) is 0. The Labute approximate surface area is 106 Å². The van der Waals surface area contributed by atoms with Crippen LogP contribution in [0.25, 0.3) is 0 Å². The van der Waals surface area contributed by atoms with Gasteiger partial charge in [-0.3, -0.25) is 9.59 Å². The van der Waals surface area contributed by atoms with Gasteiger partial charge in [-0.05, 0) is 20.8 Å². The van der Waals surface area contributed by atoms with Crippen LogP contribution >= 0.6 is 0 Å². The lowest BCUT2D eigenvalue weighted by Gasteiger charge is -2.20. The summed E-state index contributed by atoms with van der Waals surface area (Å²) in [6, 6.07) is 0. The molecule has 0 saturated carbocycles. The van der Waals surface area contributed by atoms with Gasteiger partial charge >= 0.3 is 5.97 Å². The standard InChI is InChI=1S/C12H19N3O3/c1-4-14-8-7-13-11(12(14)17)15(5-2)9-10(16)18-6-3/h7-8H,4-6,9H2,1-3H3. The topological polar surface area (TPSA) is 64.4 Å². The van der Waals surface area contributed by atoms with E-state index in [0.717, 1.165) is 0 Å². The average Bonchev–Trinajstić information content (AvgIpc) is 2.37. The summed E-state index contributed by atoms with van der Waals surface area (Å²) in [5.41, 5.74) is -0.189. The molecule has 18 heavy (non-hydrogen) atoms. The summed E-state index contributed by atoms with van der Waals surface area (Å²) in [5, 5.41) is 0. The summed E-state index contributed by atoms with van der Waals surface area (Å²) in [4.78, 5) is 29.2. The zero-order chi connectivity index (χ0) is 13.5. The first-order chi connectivity index (χ1) is 8.63. The summed E-state index contributed by atoms with van der Waals surface area (Å²) in [6.45, 7) is 6.97. The largest absolute Gasteiger partial charge is 0.465 e. The fourth-order valence-corrected chi connectivity index (χ4v) is 1.60. The molecule has 0 N–H and O–H groups in total. The van der Waals surface area contributed by atoms with Crippen LogP contribution in [0.5, 0.6) is 0 Å². The highest BCUT2D eigenvalue weighted by Gasteiger charge is 2.15. The Morgan fingerprint density at radius 3 is 2.72 bits per heavy atom. The molecule has 0 atom stereocenters. The van der Waals surface area contributed by atoms with Gasteiger partial charge in [-0.1, -0.05) is 0 Å². The summed E-state index contributed by atoms with van der Waals surface area (Å²) in [6.07, 6.45) is 3.19. The van der Waals surface area contributed by atoms with Crippen molar-refractivity contribution in [1.29, 1.82) is 0 Å². The Morgan fingerprint density at radius 2 is 2.17 bits per heavy atom. The third kappa shape index (κ3) is 3.32. The van der Waals surface area contributed by atoms with Gasteiger partial charge in [0.05, 0.1) is 6.61 Å². The predicted molar refractivity (Wildman–Crippen MR) is 68.7 cm³/mol. The number of ether oxygens (including phenoxy) is 1. The van der Waals surface area contributed by atoms with E-state index in [9.17, 15) is 9.59 Å². The maximum atomic E-state index is 12.0. The van der Waals surface area contributed by atoms with Crippen LogP contribution < -0.4 is 10.5 Å². The van der Waals surface area contributed by atoms with Gasteiger partial charge in [0.15, 0.2) is 5.82 Å². The molecule has 1 heterocycles. The van der Waals surface area contributed by atoms with Crippen molar-refractivity contribution in [2.24, 2.45) is 0 Å². The summed E-state index contributed by atoms with van der Waals surface area (Å²) < 4.78 is 6.43. The van der Waals surface area contributed by atoms with Gasteiger partial charge in [-0.15, -0.1) is 0 Å². The summed E-state index contributed by atoms with van der Waals surface area (Å²) in [5.74, 6) is -0.0673. The summed E-state index contributed by atoms with van der Waals surface area (Å²) >= 11 is 0. The molecule has 0 bridgehead atoms. The molecule has 0 radical (unpaired) electrons. The second-order valence-corrected chi connectivity index (χ2v) is 3.66. The molecule has 0 amide bonds. The minimum Gasteiger partial charge on any atom is -0.465 e. The van der Waals surface area contributed by atoms with Gasteiger partial charge in [0, 0.05) is 25.5 Å². The molecule has 1 aromatic heterocycles. The van der Waals surface area contributed by atoms with E-state index >= 15 is 0 Å². The normalized spacial score (nSPS) is 10.2. The maximum absolute atomic E-state index is 12.0. The molecule has 0 aromatic carbocycles. The van der Waals surface area contributed by atoms with Crippen LogP contribution in [-0.4, -0.2) is 35.2 Å². The van der Waals surface area contributed by atoms with Crippen LogP contribution in [0, 0.1) is 0 Å². The third-order valence-corrected chi connectivity index (χ3v) is 2.54. The van der Waals surface area contributed by atoms with Crippen LogP contribution in [-0.2, 0) is 16.1 Å². The Hall–Kier alpha value is -1.85. The van der Waals surface area contributed by atoms with E-state index in [1.165, 1.54) is 0 Å². The fraction of sp³-hybridized carbons (Fsp3) is 0.583. The molecular weight excluding hydrogens is 234 g/mol. The van der Waals surface area contributed by atoms with Gasteiger partial charge in [0.25, 0.3) is 5.56 Å². The highest BCUT2D eigenvalue weighted by Crippen LogP contribution is 2.03. The maximum Gasteiger partial charge on any atom is 0.325 e. The molecule has 0 aliphatic carbocycles. The lowest BCUT2D eigenvalue weighted by molar-refractivity contribution is -0.141. The molecule has 0 unspecified atom stereocenters. The van der Waals surface area contributed by atoms with Gasteiger partial charge in [0.2, 0.25) is 0 Å². The van der Waals surface area contributed by atoms with E-state index in [1.807, 2.05) is 13.8 Å². The second kappa shape index (κ2) is 6.78. The number of rotatable bonds is 6. The molecular formula is C12H19N3O3. The minimum atomic E-state index is -0.354. The number of anilines is 1. The number of aromatic nitrogens is 2. The first-order valence-electron chi connectivity index (χ1n) is 6.10. The SMILES string of the molecule is CCOC(=O)CN(CC)c1nccn(CC)c1=O. The molecule has 0 aliphatic heterocycles. The van der Waals surface area contributed by atoms with E-state index in [-0.39, 0.29) is 23.9 Å². The first kappa shape index (κ1) is 14.2. The van der Waals surface area contributed by atoms with Crippen molar-refractivity contribution < 1.29 is 9.53 Å². The van der Waals surface area contributed by atoms with E-state index in [2.05, 4.69) is 4.98 Å². The van der Waals surface area contributed by atoms with Crippen LogP contribution in [0.1, 0.15) is 20.8 Å². The van der Waals surface area contributed by atoms with Gasteiger partial charge < -0.3 is 14.2 Å². The molecule has 1 rings (SSSR count). The van der Waals surface area contributed by atoms with Gasteiger partial charge in [-0.2, -0.15) is 0 Å². The summed E-state index contributed by atoms with van der Waals surface area (Å²) in [7, 11) is 0. The lowest BCUT2D eigenvalue weighted by atomic mass is 10.4. The Bertz CT molecular complexity index is 456. The van der Waals surface area contributed by atoms with Crippen LogP contribution in [0.4, 0.5) is 5.82 Å². The van der Waals surface area contributed by atoms with Crippen LogP contribution in [0.15, 0.2) is 17.2 Å². The molecule has 0 aliphatic rings. The molecule has 0 spiro atoms. The molecule has 6 nitrogen and oxygen atoms in total. The number of hydrogen-bond acceptors (Lipinski definition) is 5. The number of carbonyl (C=O) groups is 1. The number of carbonyl (C=O) groups excluding carboxylic acids is 1. The highest BCUT2D eigenvalue weighted by molar-refractivity contribution is 5.75. The van der Waals surface area contributed by atoms with E-state index < -0.39 is 0 Å². The Morgan fingerprint density at radius 1 is 1.44 bits per heavy atom. The zero-order valence-corrected chi connectivity index (χ0v) is 11.0. The van der Waals surface area contributed by atoms with Crippen molar-refractivity contribution in [1.82, 2.24) is 9.55 Å². The minimum absolute atomic E-state index is 0.0420. The predicted octanol–water partition coefficient (Wildman–Crippen LogP) is 0.653. The molecule has 6 heteroatoms. The first-order valence-corrected chi connectivity index (χ1v) is 6.10. The van der Waals surface area contributed by atoms with Crippen LogP contribution in [0.2, 0.25) is 0 Å². The zero-order valence-electron chi connectivity index (χ0n) is 11.0. The third-order valence-electron chi connectivity index (χ3n) is 2.54. The average molecular weight is 253 g/mol. The molecule has 1 aromatic rings. The van der Waals surface area contributed by atoms with Crippen molar-refractivity contribution >= 4 is 11.8 Å². The van der Waals surface area contributed by atoms with E-state index in [4.69, 9.17) is 4.74 Å². The van der Waals surface area contributed by atoms with Gasteiger partial charge in [-0.25, -0.2) is 4.98 Å². The quantitative estimate of drug-likeness (QED) is 0.697. The Kier molecular flexibility index (Phi) is 5.35. The molecule has 0 saturated heterocycles. The van der Waals surface area contributed by atoms with Crippen molar-refractivity contribution in [3.63, 3.8) is 0 Å². The smallest absolute Gasteiger partial charge is 0.325 e. The lowest BCUT2D eigenvalue weighted by Crippen LogP contribution is -2.37. The molecule has 0 fully saturated rings. The molecule has 100 valence electrons. The van der Waals surface area contributed by atoms with Crippen molar-refractivity contribution in [3.8, 4) is 0 Å². The van der Waals surface area contributed by atoms with E-state index in [1.54, 1.807) is 28.8 Å². The van der Waals surface area contributed by atoms with Crippen molar-refractivity contribution in [3.05, 3.63) is 22.7 Å². The van der Waals surface area contributed by atoms with Gasteiger partial charge in [0.1, 0.15) is 6.54 Å². The highest BCUT2D eigenvalue weighted by atomic mass is 16.5. The number of likely N-dealkylation sites (N-methyl/N-ethyl adjacent to an activating group) is 1. The van der Waals surface area contributed by atoms with Crippen LogP contribution in [0.3, 0.4) is 0 Å². The number of esters is 1. The number of nitrogens with zero attached hydrogens (tertiary/aromatic N) is 3. The van der Waals surface area contributed by atoms with Crippen molar-refractivity contribution in [2.45, 2.75) is 27.3 Å². The fourth-order valence-electron chi connectivity index (χ4n) is 1.60. The number of aryl methyl sites for hydroxylation is 1.